The van der Waals surface area contributed by atoms with Crippen LogP contribution in [0.4, 0.5) is 4.39 Å². The highest BCUT2D eigenvalue weighted by Crippen LogP contribution is 2.28. The van der Waals surface area contributed by atoms with Gasteiger partial charge in [-0.25, -0.2) is 4.39 Å². The van der Waals surface area contributed by atoms with Gasteiger partial charge < -0.3 is 14.7 Å². The van der Waals surface area contributed by atoms with Gasteiger partial charge in [0.1, 0.15) is 17.3 Å². The molecule has 0 bridgehead atoms. The zero-order chi connectivity index (χ0) is 19.1. The third-order valence-electron chi connectivity index (χ3n) is 4.24. The van der Waals surface area contributed by atoms with Crippen molar-refractivity contribution in [3.63, 3.8) is 0 Å². The molecule has 0 aliphatic carbocycles. The van der Waals surface area contributed by atoms with Crippen molar-refractivity contribution in [2.75, 3.05) is 7.11 Å². The number of aryl methyl sites for hydroxylation is 2. The van der Waals surface area contributed by atoms with Crippen LogP contribution in [0, 0.1) is 12.7 Å². The first-order valence-electron chi connectivity index (χ1n) is 8.51. The number of halogens is 1. The molecule has 26 heavy (non-hydrogen) atoms. The fourth-order valence-corrected chi connectivity index (χ4v) is 2.73. The fourth-order valence-electron chi connectivity index (χ4n) is 2.73. The second kappa shape index (κ2) is 9.31. The van der Waals surface area contributed by atoms with Crippen LogP contribution in [0.5, 0.6) is 11.5 Å². The largest absolute Gasteiger partial charge is 0.469 e. The number of carbonyl (C=O) groups is 1. The van der Waals surface area contributed by atoms with E-state index in [-0.39, 0.29) is 12.0 Å². The summed E-state index contributed by atoms with van der Waals surface area (Å²) in [5, 5.41) is 9.18. The molecule has 2 rings (SSSR count). The van der Waals surface area contributed by atoms with Gasteiger partial charge in [-0.05, 0) is 60.7 Å². The van der Waals surface area contributed by atoms with Crippen LogP contribution in [0.25, 0.3) is 0 Å². The van der Waals surface area contributed by atoms with E-state index in [1.807, 2.05) is 26.0 Å². The molecular weight excluding hydrogens is 337 g/mol. The first kappa shape index (κ1) is 19.9. The first-order chi connectivity index (χ1) is 12.5. The molecule has 140 valence electrons. The van der Waals surface area contributed by atoms with Crippen LogP contribution in [0.15, 0.2) is 36.4 Å². The molecular formula is C20H24FNO4. The van der Waals surface area contributed by atoms with E-state index in [4.69, 9.17) is 4.74 Å². The molecule has 0 amide bonds. The number of methoxy groups -OCH3 is 1. The van der Waals surface area contributed by atoms with Crippen molar-refractivity contribution in [1.82, 2.24) is 5.48 Å². The lowest BCUT2D eigenvalue weighted by atomic mass is 10.0. The normalized spacial score (nSPS) is 11.9. The highest BCUT2D eigenvalue weighted by atomic mass is 19.1. The molecule has 2 N–H and O–H groups in total. The Bertz CT molecular complexity index is 759. The second-order valence-electron chi connectivity index (χ2n) is 6.08. The molecule has 0 saturated carbocycles. The zero-order valence-corrected chi connectivity index (χ0v) is 15.2. The Hall–Kier alpha value is -2.44. The van der Waals surface area contributed by atoms with E-state index in [2.05, 4.69) is 10.2 Å². The van der Waals surface area contributed by atoms with Gasteiger partial charge in [-0.15, -0.1) is 0 Å². The summed E-state index contributed by atoms with van der Waals surface area (Å²) < 4.78 is 24.3. The van der Waals surface area contributed by atoms with E-state index in [0.717, 1.165) is 11.1 Å². The lowest BCUT2D eigenvalue weighted by molar-refractivity contribution is -0.140. The maximum Gasteiger partial charge on any atom is 0.305 e. The summed E-state index contributed by atoms with van der Waals surface area (Å²) in [7, 11) is 1.37. The number of benzene rings is 2. The van der Waals surface area contributed by atoms with Gasteiger partial charge in [-0.1, -0.05) is 13.0 Å². The molecule has 2 aromatic rings. The topological polar surface area (TPSA) is 67.8 Å². The molecule has 0 fully saturated rings. The number of nitrogens with one attached hydrogen (secondary N) is 1. The van der Waals surface area contributed by atoms with E-state index >= 15 is 0 Å². The van der Waals surface area contributed by atoms with Crippen LogP contribution in [0.2, 0.25) is 0 Å². The van der Waals surface area contributed by atoms with Crippen LogP contribution >= 0.6 is 0 Å². The third-order valence-corrected chi connectivity index (χ3v) is 4.24. The van der Waals surface area contributed by atoms with Crippen molar-refractivity contribution in [2.24, 2.45) is 0 Å². The number of hydrogen-bond acceptors (Lipinski definition) is 5. The van der Waals surface area contributed by atoms with Crippen molar-refractivity contribution in [3.05, 3.63) is 58.9 Å². The summed E-state index contributed by atoms with van der Waals surface area (Å²) in [6.45, 7) is 3.81. The fraction of sp³-hybridized carbons (Fsp3) is 0.350. The Kier molecular flexibility index (Phi) is 7.12. The van der Waals surface area contributed by atoms with Crippen molar-refractivity contribution in [2.45, 2.75) is 39.2 Å². The molecule has 0 radical (unpaired) electrons. The molecule has 0 aliphatic heterocycles. The predicted octanol–water partition coefficient (Wildman–Crippen LogP) is 4.46. The molecule has 0 saturated heterocycles. The van der Waals surface area contributed by atoms with Crippen molar-refractivity contribution in [1.29, 1.82) is 0 Å². The summed E-state index contributed by atoms with van der Waals surface area (Å²) in [4.78, 5) is 11.3. The minimum Gasteiger partial charge on any atom is -0.469 e. The lowest BCUT2D eigenvalue weighted by Crippen LogP contribution is -2.16. The minimum absolute atomic E-state index is 0.250. The minimum atomic E-state index is -0.433. The molecule has 0 heterocycles. The molecule has 1 atom stereocenters. The average Bonchev–Trinajstić information content (AvgIpc) is 2.61. The Labute approximate surface area is 152 Å². The Morgan fingerprint density at radius 1 is 1.23 bits per heavy atom. The van der Waals surface area contributed by atoms with Crippen LogP contribution in [-0.2, 0) is 16.0 Å². The monoisotopic (exact) mass is 361 g/mol. The highest BCUT2D eigenvalue weighted by Gasteiger charge is 2.12. The standard InChI is InChI=1S/C20H24FNO4/c1-4-19(22-24)15-10-16(21)12-18(11-15)26-17-7-5-14(13(2)9-17)6-8-20(23)25-3/h5,7,9-12,19,22,24H,4,6,8H2,1-3H3. The van der Waals surface area contributed by atoms with Gasteiger partial charge in [0.25, 0.3) is 0 Å². The summed E-state index contributed by atoms with van der Waals surface area (Å²) in [6.07, 6.45) is 1.51. The molecule has 6 heteroatoms. The quantitative estimate of drug-likeness (QED) is 0.537. The number of hydroxylamine groups is 1. The maximum absolute atomic E-state index is 13.9. The number of ether oxygens (including phenoxy) is 2. The highest BCUT2D eigenvalue weighted by molar-refractivity contribution is 5.69. The van der Waals surface area contributed by atoms with Crippen molar-refractivity contribution in [3.8, 4) is 11.5 Å². The zero-order valence-electron chi connectivity index (χ0n) is 15.2. The number of rotatable bonds is 8. The van der Waals surface area contributed by atoms with Gasteiger partial charge in [0.05, 0.1) is 13.2 Å². The third kappa shape index (κ3) is 5.28. The van der Waals surface area contributed by atoms with Crippen LogP contribution < -0.4 is 10.2 Å². The van der Waals surface area contributed by atoms with Gasteiger partial charge in [-0.2, -0.15) is 5.48 Å². The van der Waals surface area contributed by atoms with E-state index in [1.165, 1.54) is 19.2 Å². The van der Waals surface area contributed by atoms with Gasteiger partial charge in [0.15, 0.2) is 0 Å². The van der Waals surface area contributed by atoms with Gasteiger partial charge in [0, 0.05) is 12.5 Å². The Morgan fingerprint density at radius 3 is 2.62 bits per heavy atom. The summed E-state index contributed by atoms with van der Waals surface area (Å²) in [5.41, 5.74) is 4.78. The Morgan fingerprint density at radius 2 is 2.00 bits per heavy atom. The maximum atomic E-state index is 13.9. The van der Waals surface area contributed by atoms with Gasteiger partial charge in [-0.3, -0.25) is 4.79 Å². The average molecular weight is 361 g/mol. The van der Waals surface area contributed by atoms with E-state index < -0.39 is 5.82 Å². The SMILES string of the molecule is CCC(NO)c1cc(F)cc(Oc2ccc(CCC(=O)OC)c(C)c2)c1. The number of hydrogen-bond donors (Lipinski definition) is 2. The molecule has 5 nitrogen and oxygen atoms in total. The molecule has 0 aliphatic rings. The first-order valence-corrected chi connectivity index (χ1v) is 8.51. The summed E-state index contributed by atoms with van der Waals surface area (Å²) >= 11 is 0. The van der Waals surface area contributed by atoms with Crippen LogP contribution in [-0.4, -0.2) is 18.3 Å². The summed E-state index contributed by atoms with van der Waals surface area (Å²) in [5.74, 6) is 0.249. The van der Waals surface area contributed by atoms with E-state index in [0.29, 0.717) is 36.3 Å². The number of carbonyl (C=O) groups excluding carboxylic acids is 1. The van der Waals surface area contributed by atoms with E-state index in [1.54, 1.807) is 12.1 Å². The van der Waals surface area contributed by atoms with Gasteiger partial charge in [0.2, 0.25) is 0 Å². The van der Waals surface area contributed by atoms with Crippen molar-refractivity contribution < 1.29 is 23.9 Å². The smallest absolute Gasteiger partial charge is 0.305 e. The molecule has 0 aromatic heterocycles. The Balaban J connectivity index is 2.15. The molecule has 2 aromatic carbocycles. The molecule has 0 spiro atoms. The van der Waals surface area contributed by atoms with Crippen LogP contribution in [0.3, 0.4) is 0 Å². The van der Waals surface area contributed by atoms with Gasteiger partial charge >= 0.3 is 5.97 Å². The predicted molar refractivity (Wildman–Crippen MR) is 95.9 cm³/mol. The summed E-state index contributed by atoms with van der Waals surface area (Å²) in [6, 6.07) is 9.51. The number of esters is 1. The molecule has 1 unspecified atom stereocenters. The lowest BCUT2D eigenvalue weighted by Gasteiger charge is -2.15. The van der Waals surface area contributed by atoms with Crippen LogP contribution in [0.1, 0.15) is 42.5 Å². The van der Waals surface area contributed by atoms with E-state index in [9.17, 15) is 14.4 Å². The second-order valence-corrected chi connectivity index (χ2v) is 6.08. The van der Waals surface area contributed by atoms with Crippen molar-refractivity contribution >= 4 is 5.97 Å².